The number of benzene rings is 1. The lowest BCUT2D eigenvalue weighted by atomic mass is 9.84. The Bertz CT molecular complexity index is 309. The molecule has 0 aromatic heterocycles. The molecule has 2 heteroatoms. The Hall–Kier alpha value is -1.02. The molecule has 70 valence electrons. The highest BCUT2D eigenvalue weighted by atomic mass is 16.3. The Balaban J connectivity index is 2.26. The smallest absolute Gasteiger partial charge is 0.115 e. The quantitative estimate of drug-likeness (QED) is 0.682. The van der Waals surface area contributed by atoms with Gasteiger partial charge in [0.25, 0.3) is 0 Å². The van der Waals surface area contributed by atoms with Crippen molar-refractivity contribution in [1.29, 1.82) is 0 Å². The first-order valence-electron chi connectivity index (χ1n) is 4.80. The van der Waals surface area contributed by atoms with E-state index in [0.717, 1.165) is 25.8 Å². The lowest BCUT2D eigenvalue weighted by molar-refractivity contribution is 0.456. The van der Waals surface area contributed by atoms with E-state index >= 15 is 0 Å². The number of phenolic OH excluding ortho intramolecular Hbond substituents is 1. The monoisotopic (exact) mass is 177 g/mol. The van der Waals surface area contributed by atoms with Gasteiger partial charge in [0.1, 0.15) is 5.75 Å². The van der Waals surface area contributed by atoms with Gasteiger partial charge in [0.15, 0.2) is 0 Å². The Morgan fingerprint density at radius 1 is 1.38 bits per heavy atom. The third-order valence-electron chi connectivity index (χ3n) is 2.85. The van der Waals surface area contributed by atoms with E-state index in [0.29, 0.717) is 11.7 Å². The molecule has 1 unspecified atom stereocenters. The second kappa shape index (κ2) is 3.38. The second-order valence-electron chi connectivity index (χ2n) is 3.80. The minimum absolute atomic E-state index is 0.380. The second-order valence-corrected chi connectivity index (χ2v) is 3.80. The van der Waals surface area contributed by atoms with Crippen LogP contribution in [-0.4, -0.2) is 11.7 Å². The van der Waals surface area contributed by atoms with Gasteiger partial charge >= 0.3 is 0 Å². The molecule has 0 saturated heterocycles. The first kappa shape index (κ1) is 8.57. The molecule has 1 aromatic rings. The van der Waals surface area contributed by atoms with Crippen LogP contribution < -0.4 is 5.73 Å². The molecule has 13 heavy (non-hydrogen) atoms. The van der Waals surface area contributed by atoms with Crippen molar-refractivity contribution in [3.63, 3.8) is 0 Å². The summed E-state index contributed by atoms with van der Waals surface area (Å²) in [4.78, 5) is 0. The van der Waals surface area contributed by atoms with Gasteiger partial charge in [0, 0.05) is 0 Å². The van der Waals surface area contributed by atoms with Crippen LogP contribution in [0.2, 0.25) is 0 Å². The molecule has 2 rings (SSSR count). The van der Waals surface area contributed by atoms with Gasteiger partial charge in [-0.3, -0.25) is 0 Å². The van der Waals surface area contributed by atoms with Crippen molar-refractivity contribution < 1.29 is 5.11 Å². The van der Waals surface area contributed by atoms with Crippen LogP contribution in [0.1, 0.15) is 17.5 Å². The van der Waals surface area contributed by atoms with Crippen LogP contribution in [0.15, 0.2) is 18.2 Å². The van der Waals surface area contributed by atoms with Crippen LogP contribution in [0.25, 0.3) is 0 Å². The predicted molar refractivity (Wildman–Crippen MR) is 52.7 cm³/mol. The number of aryl methyl sites for hydroxylation is 1. The largest absolute Gasteiger partial charge is 0.508 e. The van der Waals surface area contributed by atoms with Crippen LogP contribution in [0.4, 0.5) is 0 Å². The standard InChI is InChI=1S/C11H15NO/c12-7-8-1-2-10-6-11(13)4-3-9(10)5-8/h3-4,6,8,13H,1-2,5,7,12H2. The Labute approximate surface area is 78.4 Å². The summed E-state index contributed by atoms with van der Waals surface area (Å²) in [5.41, 5.74) is 8.30. The number of hydrogen-bond donors (Lipinski definition) is 2. The van der Waals surface area contributed by atoms with E-state index in [1.54, 1.807) is 6.07 Å². The van der Waals surface area contributed by atoms with Gasteiger partial charge in [-0.1, -0.05) is 6.07 Å². The third-order valence-corrected chi connectivity index (χ3v) is 2.85. The lowest BCUT2D eigenvalue weighted by Crippen LogP contribution is -2.21. The van der Waals surface area contributed by atoms with Gasteiger partial charge in [0.2, 0.25) is 0 Å². The number of fused-ring (bicyclic) bond motifs is 1. The van der Waals surface area contributed by atoms with E-state index in [-0.39, 0.29) is 0 Å². The summed E-state index contributed by atoms with van der Waals surface area (Å²) < 4.78 is 0. The van der Waals surface area contributed by atoms with Gasteiger partial charge in [0.05, 0.1) is 0 Å². The molecule has 1 atom stereocenters. The van der Waals surface area contributed by atoms with Crippen molar-refractivity contribution in [2.75, 3.05) is 6.54 Å². The Morgan fingerprint density at radius 2 is 2.23 bits per heavy atom. The van der Waals surface area contributed by atoms with E-state index in [1.807, 2.05) is 12.1 Å². The van der Waals surface area contributed by atoms with Crippen molar-refractivity contribution in [2.24, 2.45) is 11.7 Å². The zero-order valence-corrected chi connectivity index (χ0v) is 7.66. The van der Waals surface area contributed by atoms with Crippen LogP contribution in [0.5, 0.6) is 5.75 Å². The Kier molecular flexibility index (Phi) is 2.23. The first-order chi connectivity index (χ1) is 6.29. The molecule has 0 amide bonds. The van der Waals surface area contributed by atoms with Crippen LogP contribution in [0.3, 0.4) is 0 Å². The molecule has 0 saturated carbocycles. The molecule has 1 aromatic carbocycles. The van der Waals surface area contributed by atoms with E-state index < -0.39 is 0 Å². The minimum Gasteiger partial charge on any atom is -0.508 e. The van der Waals surface area contributed by atoms with Crippen molar-refractivity contribution >= 4 is 0 Å². The van der Waals surface area contributed by atoms with Crippen molar-refractivity contribution in [1.82, 2.24) is 0 Å². The van der Waals surface area contributed by atoms with E-state index in [4.69, 9.17) is 5.73 Å². The molecule has 2 nitrogen and oxygen atoms in total. The summed E-state index contributed by atoms with van der Waals surface area (Å²) in [6.07, 6.45) is 3.30. The highest BCUT2D eigenvalue weighted by Crippen LogP contribution is 2.27. The minimum atomic E-state index is 0.380. The fourth-order valence-corrected chi connectivity index (χ4v) is 2.02. The number of phenols is 1. The van der Waals surface area contributed by atoms with Gasteiger partial charge in [-0.15, -0.1) is 0 Å². The molecule has 0 bridgehead atoms. The summed E-state index contributed by atoms with van der Waals surface area (Å²) in [6, 6.07) is 5.66. The van der Waals surface area contributed by atoms with Gasteiger partial charge < -0.3 is 10.8 Å². The van der Waals surface area contributed by atoms with Gasteiger partial charge in [-0.2, -0.15) is 0 Å². The van der Waals surface area contributed by atoms with Crippen molar-refractivity contribution in [3.8, 4) is 5.75 Å². The zero-order valence-electron chi connectivity index (χ0n) is 7.66. The number of hydrogen-bond acceptors (Lipinski definition) is 2. The van der Waals surface area contributed by atoms with Gasteiger partial charge in [-0.05, 0) is 55.0 Å². The maximum atomic E-state index is 9.29. The average molecular weight is 177 g/mol. The third kappa shape index (κ3) is 1.68. The molecule has 1 aliphatic rings. The molecular formula is C11H15NO. The normalized spacial score (nSPS) is 21.2. The molecule has 0 radical (unpaired) electrons. The summed E-state index contributed by atoms with van der Waals surface area (Å²) in [5.74, 6) is 1.02. The highest BCUT2D eigenvalue weighted by molar-refractivity contribution is 5.36. The van der Waals surface area contributed by atoms with Gasteiger partial charge in [-0.25, -0.2) is 0 Å². The Morgan fingerprint density at radius 3 is 3.00 bits per heavy atom. The summed E-state index contributed by atoms with van der Waals surface area (Å²) in [5, 5.41) is 9.29. The van der Waals surface area contributed by atoms with Crippen LogP contribution >= 0.6 is 0 Å². The maximum Gasteiger partial charge on any atom is 0.115 e. The summed E-state index contributed by atoms with van der Waals surface area (Å²) in [7, 11) is 0. The van der Waals surface area contributed by atoms with Crippen molar-refractivity contribution in [2.45, 2.75) is 19.3 Å². The summed E-state index contributed by atoms with van der Waals surface area (Å²) >= 11 is 0. The molecule has 0 fully saturated rings. The fourth-order valence-electron chi connectivity index (χ4n) is 2.02. The summed E-state index contributed by atoms with van der Waals surface area (Å²) in [6.45, 7) is 0.778. The topological polar surface area (TPSA) is 46.2 Å². The maximum absolute atomic E-state index is 9.29. The van der Waals surface area contributed by atoms with E-state index in [9.17, 15) is 5.11 Å². The number of nitrogens with two attached hydrogens (primary N) is 1. The van der Waals surface area contributed by atoms with Crippen molar-refractivity contribution in [3.05, 3.63) is 29.3 Å². The fraction of sp³-hybridized carbons (Fsp3) is 0.455. The van der Waals surface area contributed by atoms with E-state index in [1.165, 1.54) is 11.1 Å². The average Bonchev–Trinajstić information content (AvgIpc) is 2.17. The number of rotatable bonds is 1. The van der Waals surface area contributed by atoms with E-state index in [2.05, 4.69) is 0 Å². The number of aromatic hydroxyl groups is 1. The molecule has 0 aliphatic heterocycles. The lowest BCUT2D eigenvalue weighted by Gasteiger charge is -2.23. The first-order valence-corrected chi connectivity index (χ1v) is 4.80. The zero-order chi connectivity index (χ0) is 9.26. The predicted octanol–water partition coefficient (Wildman–Crippen LogP) is 1.46. The highest BCUT2D eigenvalue weighted by Gasteiger charge is 2.17. The van der Waals surface area contributed by atoms with Crippen LogP contribution in [-0.2, 0) is 12.8 Å². The molecular weight excluding hydrogens is 162 g/mol. The molecule has 0 heterocycles. The molecule has 0 spiro atoms. The SMILES string of the molecule is NCC1CCc2cc(O)ccc2C1. The van der Waals surface area contributed by atoms with Crippen LogP contribution in [0, 0.1) is 5.92 Å². The molecule has 1 aliphatic carbocycles. The molecule has 3 N–H and O–H groups in total.